The van der Waals surface area contributed by atoms with Gasteiger partial charge in [0.25, 0.3) is 0 Å². The van der Waals surface area contributed by atoms with Gasteiger partial charge in [0.05, 0.1) is 6.10 Å². The Morgan fingerprint density at radius 1 is 1.50 bits per heavy atom. The quantitative estimate of drug-likeness (QED) is 0.858. The summed E-state index contributed by atoms with van der Waals surface area (Å²) in [4.78, 5) is 0. The molecule has 2 atom stereocenters. The molecule has 1 aliphatic carbocycles. The van der Waals surface area contributed by atoms with Crippen LogP contribution in [0.5, 0.6) is 0 Å². The lowest BCUT2D eigenvalue weighted by Gasteiger charge is -2.18. The third kappa shape index (κ3) is 2.74. The lowest BCUT2D eigenvalue weighted by atomic mass is 9.94. The van der Waals surface area contributed by atoms with E-state index in [1.807, 2.05) is 0 Å². The van der Waals surface area contributed by atoms with E-state index in [0.29, 0.717) is 22.9 Å². The molecule has 0 heterocycles. The number of aliphatic hydroxyl groups excluding tert-OH is 1. The molecule has 1 nitrogen and oxygen atoms in total. The van der Waals surface area contributed by atoms with E-state index in [1.54, 1.807) is 6.07 Å². The molecule has 16 heavy (non-hydrogen) atoms. The summed E-state index contributed by atoms with van der Waals surface area (Å²) in [6, 6.07) is 4.29. The summed E-state index contributed by atoms with van der Waals surface area (Å²) in [5.74, 6) is 0.618. The molecule has 0 amide bonds. The van der Waals surface area contributed by atoms with Crippen LogP contribution in [-0.2, 0) is 6.42 Å². The SMILES string of the molecule is CC(C(O)Cc1cc(F)ccc1Cl)C1CC1. The highest BCUT2D eigenvalue weighted by atomic mass is 35.5. The van der Waals surface area contributed by atoms with Crippen LogP contribution < -0.4 is 0 Å². The highest BCUT2D eigenvalue weighted by Gasteiger charge is 2.32. The Morgan fingerprint density at radius 3 is 2.81 bits per heavy atom. The van der Waals surface area contributed by atoms with Gasteiger partial charge in [-0.2, -0.15) is 0 Å². The maximum Gasteiger partial charge on any atom is 0.123 e. The summed E-state index contributed by atoms with van der Waals surface area (Å²) in [5.41, 5.74) is 0.696. The molecule has 0 saturated heterocycles. The Bertz CT molecular complexity index is 376. The van der Waals surface area contributed by atoms with Crippen LogP contribution in [0, 0.1) is 17.7 Å². The Labute approximate surface area is 100 Å². The highest BCUT2D eigenvalue weighted by Crippen LogP contribution is 2.39. The molecule has 1 aromatic carbocycles. The van der Waals surface area contributed by atoms with Crippen molar-refractivity contribution in [1.82, 2.24) is 0 Å². The minimum atomic E-state index is -0.424. The maximum atomic E-state index is 13.0. The van der Waals surface area contributed by atoms with E-state index < -0.39 is 6.10 Å². The fraction of sp³-hybridized carbons (Fsp3) is 0.538. The molecule has 2 rings (SSSR count). The number of rotatable bonds is 4. The third-order valence-electron chi connectivity index (χ3n) is 3.41. The van der Waals surface area contributed by atoms with Crippen molar-refractivity contribution in [3.63, 3.8) is 0 Å². The Hall–Kier alpha value is -0.600. The fourth-order valence-electron chi connectivity index (χ4n) is 2.05. The van der Waals surface area contributed by atoms with Gasteiger partial charge in [0.15, 0.2) is 0 Å². The zero-order valence-corrected chi connectivity index (χ0v) is 10.0. The van der Waals surface area contributed by atoms with E-state index in [9.17, 15) is 9.50 Å². The van der Waals surface area contributed by atoms with Gasteiger partial charge in [-0.1, -0.05) is 18.5 Å². The Kier molecular flexibility index (Phi) is 3.50. The smallest absolute Gasteiger partial charge is 0.123 e. The van der Waals surface area contributed by atoms with Gasteiger partial charge in [-0.25, -0.2) is 4.39 Å². The van der Waals surface area contributed by atoms with Gasteiger partial charge in [-0.3, -0.25) is 0 Å². The molecule has 0 spiro atoms. The lowest BCUT2D eigenvalue weighted by molar-refractivity contribution is 0.105. The molecule has 0 radical (unpaired) electrons. The normalized spacial score (nSPS) is 19.5. The van der Waals surface area contributed by atoms with Crippen LogP contribution in [0.4, 0.5) is 4.39 Å². The second-order valence-corrected chi connectivity index (χ2v) is 5.11. The molecule has 1 fully saturated rings. The van der Waals surface area contributed by atoms with Crippen LogP contribution >= 0.6 is 11.6 Å². The Balaban J connectivity index is 2.04. The van der Waals surface area contributed by atoms with Crippen molar-refractivity contribution in [2.24, 2.45) is 11.8 Å². The highest BCUT2D eigenvalue weighted by molar-refractivity contribution is 6.31. The maximum absolute atomic E-state index is 13.0. The predicted octanol–water partition coefficient (Wildman–Crippen LogP) is 3.43. The summed E-state index contributed by atoms with van der Waals surface area (Å²) in [6.07, 6.45) is 2.42. The largest absolute Gasteiger partial charge is 0.392 e. The molecule has 1 aliphatic rings. The van der Waals surface area contributed by atoms with Gasteiger partial charge >= 0.3 is 0 Å². The zero-order valence-electron chi connectivity index (χ0n) is 9.29. The van der Waals surface area contributed by atoms with E-state index in [2.05, 4.69) is 6.92 Å². The first-order valence-corrected chi connectivity index (χ1v) is 6.07. The third-order valence-corrected chi connectivity index (χ3v) is 3.78. The van der Waals surface area contributed by atoms with Crippen molar-refractivity contribution in [2.75, 3.05) is 0 Å². The second-order valence-electron chi connectivity index (χ2n) is 4.70. The van der Waals surface area contributed by atoms with Crippen LogP contribution in [-0.4, -0.2) is 11.2 Å². The van der Waals surface area contributed by atoms with Gasteiger partial charge in [0.2, 0.25) is 0 Å². The average Bonchev–Trinajstić information content (AvgIpc) is 3.06. The van der Waals surface area contributed by atoms with Gasteiger partial charge < -0.3 is 5.11 Å². The number of benzene rings is 1. The van der Waals surface area contributed by atoms with Crippen molar-refractivity contribution < 1.29 is 9.50 Å². The first kappa shape index (κ1) is 11.9. The van der Waals surface area contributed by atoms with Gasteiger partial charge in [0, 0.05) is 11.4 Å². The summed E-state index contributed by atoms with van der Waals surface area (Å²) >= 11 is 5.96. The van der Waals surface area contributed by atoms with Crippen molar-refractivity contribution >= 4 is 11.6 Å². The molecular formula is C13H16ClFO. The molecule has 88 valence electrons. The van der Waals surface area contributed by atoms with Crippen LogP contribution in [0.2, 0.25) is 5.02 Å². The molecule has 0 aliphatic heterocycles. The molecule has 1 aromatic rings. The van der Waals surface area contributed by atoms with Gasteiger partial charge in [-0.15, -0.1) is 0 Å². The summed E-state index contributed by atoms with van der Waals surface area (Å²) in [7, 11) is 0. The van der Waals surface area contributed by atoms with E-state index in [-0.39, 0.29) is 11.7 Å². The number of hydrogen-bond acceptors (Lipinski definition) is 1. The van der Waals surface area contributed by atoms with E-state index in [1.165, 1.54) is 25.0 Å². The van der Waals surface area contributed by atoms with Gasteiger partial charge in [-0.05, 0) is 48.4 Å². The summed E-state index contributed by atoms with van der Waals surface area (Å²) in [6.45, 7) is 2.05. The van der Waals surface area contributed by atoms with Crippen LogP contribution in [0.1, 0.15) is 25.3 Å². The summed E-state index contributed by atoms with van der Waals surface area (Å²) in [5, 5.41) is 10.5. The molecule has 0 aromatic heterocycles. The molecule has 0 bridgehead atoms. The van der Waals surface area contributed by atoms with Crippen molar-refractivity contribution in [1.29, 1.82) is 0 Å². The molecule has 1 N–H and O–H groups in total. The van der Waals surface area contributed by atoms with E-state index in [4.69, 9.17) is 11.6 Å². The molecular weight excluding hydrogens is 227 g/mol. The van der Waals surface area contributed by atoms with Crippen molar-refractivity contribution in [3.05, 3.63) is 34.6 Å². The van der Waals surface area contributed by atoms with Crippen LogP contribution in [0.15, 0.2) is 18.2 Å². The topological polar surface area (TPSA) is 20.2 Å². The van der Waals surface area contributed by atoms with Crippen LogP contribution in [0.25, 0.3) is 0 Å². The zero-order chi connectivity index (χ0) is 11.7. The molecule has 2 unspecified atom stereocenters. The minimum Gasteiger partial charge on any atom is -0.392 e. The van der Waals surface area contributed by atoms with Crippen LogP contribution in [0.3, 0.4) is 0 Å². The standard InChI is InChI=1S/C13H16ClFO/c1-8(9-2-3-9)13(16)7-10-6-11(15)4-5-12(10)14/h4-6,8-9,13,16H,2-3,7H2,1H3. The predicted molar refractivity (Wildman–Crippen MR) is 63.0 cm³/mol. The van der Waals surface area contributed by atoms with Gasteiger partial charge in [0.1, 0.15) is 5.82 Å². The first-order valence-electron chi connectivity index (χ1n) is 5.70. The van der Waals surface area contributed by atoms with E-state index in [0.717, 1.165) is 0 Å². The fourth-order valence-corrected chi connectivity index (χ4v) is 2.24. The average molecular weight is 243 g/mol. The monoisotopic (exact) mass is 242 g/mol. The number of halogens is 2. The van der Waals surface area contributed by atoms with Crippen molar-refractivity contribution in [2.45, 2.75) is 32.3 Å². The summed E-state index contributed by atoms with van der Waals surface area (Å²) < 4.78 is 13.0. The van der Waals surface area contributed by atoms with E-state index >= 15 is 0 Å². The first-order chi connectivity index (χ1) is 7.58. The minimum absolute atomic E-state index is 0.277. The van der Waals surface area contributed by atoms with Crippen molar-refractivity contribution in [3.8, 4) is 0 Å². The Morgan fingerprint density at radius 2 is 2.19 bits per heavy atom. The number of hydrogen-bond donors (Lipinski definition) is 1. The lowest BCUT2D eigenvalue weighted by Crippen LogP contribution is -2.22. The second kappa shape index (κ2) is 4.72. The molecule has 3 heteroatoms. The molecule has 1 saturated carbocycles. The number of aliphatic hydroxyl groups is 1.